The summed E-state index contributed by atoms with van der Waals surface area (Å²) in [6, 6.07) is 7.74. The first-order chi connectivity index (χ1) is 10.2. The SMILES string of the molecule is CNC(Cc1ccccc1F)C12CC3CC(CC(C3)C1)C2. The molecular formula is C19H26FN. The van der Waals surface area contributed by atoms with Gasteiger partial charge < -0.3 is 5.32 Å². The van der Waals surface area contributed by atoms with E-state index in [-0.39, 0.29) is 5.82 Å². The largest absolute Gasteiger partial charge is 0.316 e. The van der Waals surface area contributed by atoms with Crippen LogP contribution in [0.1, 0.15) is 44.1 Å². The molecule has 4 saturated carbocycles. The normalized spacial score (nSPS) is 38.7. The van der Waals surface area contributed by atoms with Gasteiger partial charge in [0, 0.05) is 6.04 Å². The maximum Gasteiger partial charge on any atom is 0.126 e. The fourth-order valence-electron chi connectivity index (χ4n) is 6.11. The lowest BCUT2D eigenvalue weighted by molar-refractivity contribution is -0.0725. The van der Waals surface area contributed by atoms with Crippen molar-refractivity contribution in [1.29, 1.82) is 0 Å². The Hall–Kier alpha value is -0.890. The molecule has 0 saturated heterocycles. The van der Waals surface area contributed by atoms with Gasteiger partial charge in [0.1, 0.15) is 5.82 Å². The van der Waals surface area contributed by atoms with Crippen LogP contribution in [-0.4, -0.2) is 13.1 Å². The third kappa shape index (κ3) is 2.32. The molecule has 0 aliphatic heterocycles. The lowest BCUT2D eigenvalue weighted by Crippen LogP contribution is -2.56. The fraction of sp³-hybridized carbons (Fsp3) is 0.684. The summed E-state index contributed by atoms with van der Waals surface area (Å²) >= 11 is 0. The molecule has 0 aromatic heterocycles. The number of hydrogen-bond donors (Lipinski definition) is 1. The average molecular weight is 287 g/mol. The van der Waals surface area contributed by atoms with E-state index in [4.69, 9.17) is 0 Å². The molecule has 1 unspecified atom stereocenters. The van der Waals surface area contributed by atoms with Gasteiger partial charge in [-0.2, -0.15) is 0 Å². The highest BCUT2D eigenvalue weighted by atomic mass is 19.1. The molecule has 0 heterocycles. The van der Waals surface area contributed by atoms with E-state index in [2.05, 4.69) is 12.4 Å². The maximum absolute atomic E-state index is 14.0. The summed E-state index contributed by atoms with van der Waals surface area (Å²) in [5.41, 5.74) is 1.32. The van der Waals surface area contributed by atoms with E-state index in [1.165, 1.54) is 38.5 Å². The predicted octanol–water partition coefficient (Wildman–Crippen LogP) is 4.17. The average Bonchev–Trinajstić information content (AvgIpc) is 2.44. The van der Waals surface area contributed by atoms with Crippen LogP contribution in [0, 0.1) is 29.0 Å². The third-order valence-corrected chi connectivity index (χ3v) is 6.56. The standard InChI is InChI=1S/C19H26FN/c1-21-18(9-16-4-2-3-5-17(16)20)19-10-13-6-14(11-19)8-15(7-13)12-19/h2-5,13-15,18,21H,6-12H2,1H3. The molecule has 5 rings (SSSR count). The Bertz CT molecular complexity index is 489. The van der Waals surface area contributed by atoms with Crippen LogP contribution in [0.15, 0.2) is 24.3 Å². The quantitative estimate of drug-likeness (QED) is 0.876. The molecule has 1 N–H and O–H groups in total. The summed E-state index contributed by atoms with van der Waals surface area (Å²) < 4.78 is 14.0. The van der Waals surface area contributed by atoms with Gasteiger partial charge in [0.05, 0.1) is 0 Å². The lowest BCUT2D eigenvalue weighted by Gasteiger charge is -2.59. The minimum Gasteiger partial charge on any atom is -0.316 e. The maximum atomic E-state index is 14.0. The van der Waals surface area contributed by atoms with Gasteiger partial charge in [-0.25, -0.2) is 4.39 Å². The molecule has 114 valence electrons. The summed E-state index contributed by atoms with van der Waals surface area (Å²) in [5, 5.41) is 3.57. The molecule has 1 atom stereocenters. The number of hydrogen-bond acceptors (Lipinski definition) is 1. The molecule has 0 radical (unpaired) electrons. The second-order valence-corrected chi connectivity index (χ2v) is 7.92. The third-order valence-electron chi connectivity index (χ3n) is 6.56. The number of nitrogens with one attached hydrogen (secondary N) is 1. The summed E-state index contributed by atoms with van der Waals surface area (Å²) in [6.07, 6.45) is 9.37. The van der Waals surface area contributed by atoms with Gasteiger partial charge in [0.25, 0.3) is 0 Å². The first kappa shape index (κ1) is 13.8. The van der Waals surface area contributed by atoms with Gasteiger partial charge in [0.2, 0.25) is 0 Å². The number of rotatable bonds is 4. The van der Waals surface area contributed by atoms with E-state index in [1.807, 2.05) is 12.1 Å². The van der Waals surface area contributed by atoms with Crippen molar-refractivity contribution in [3.05, 3.63) is 35.6 Å². The van der Waals surface area contributed by atoms with Crippen LogP contribution in [0.25, 0.3) is 0 Å². The van der Waals surface area contributed by atoms with Crippen LogP contribution >= 0.6 is 0 Å². The van der Waals surface area contributed by atoms with E-state index in [0.29, 0.717) is 11.5 Å². The van der Waals surface area contributed by atoms with E-state index < -0.39 is 0 Å². The Balaban J connectivity index is 1.60. The van der Waals surface area contributed by atoms with Crippen molar-refractivity contribution in [3.63, 3.8) is 0 Å². The van der Waals surface area contributed by atoms with Crippen LogP contribution in [0.4, 0.5) is 4.39 Å². The van der Waals surface area contributed by atoms with Gasteiger partial charge in [-0.05, 0) is 86.8 Å². The molecule has 4 bridgehead atoms. The Morgan fingerprint density at radius 2 is 1.67 bits per heavy atom. The Morgan fingerprint density at radius 3 is 2.19 bits per heavy atom. The topological polar surface area (TPSA) is 12.0 Å². The van der Waals surface area contributed by atoms with E-state index in [0.717, 1.165) is 29.7 Å². The van der Waals surface area contributed by atoms with Crippen molar-refractivity contribution in [2.75, 3.05) is 7.05 Å². The second kappa shape index (κ2) is 5.08. The summed E-state index contributed by atoms with van der Waals surface area (Å²) in [7, 11) is 2.07. The lowest BCUT2D eigenvalue weighted by atomic mass is 9.47. The van der Waals surface area contributed by atoms with E-state index in [1.54, 1.807) is 12.1 Å². The molecule has 21 heavy (non-hydrogen) atoms. The molecule has 1 aromatic carbocycles. The molecule has 1 aromatic rings. The smallest absolute Gasteiger partial charge is 0.126 e. The van der Waals surface area contributed by atoms with Crippen molar-refractivity contribution in [1.82, 2.24) is 5.32 Å². The molecule has 1 nitrogen and oxygen atoms in total. The first-order valence-electron chi connectivity index (χ1n) is 8.59. The number of benzene rings is 1. The van der Waals surface area contributed by atoms with Gasteiger partial charge in [-0.15, -0.1) is 0 Å². The highest BCUT2D eigenvalue weighted by molar-refractivity contribution is 5.20. The molecular weight excluding hydrogens is 261 g/mol. The monoisotopic (exact) mass is 287 g/mol. The Kier molecular flexibility index (Phi) is 3.33. The van der Waals surface area contributed by atoms with Gasteiger partial charge in [0.15, 0.2) is 0 Å². The molecule has 0 amide bonds. The van der Waals surface area contributed by atoms with Gasteiger partial charge in [-0.3, -0.25) is 0 Å². The summed E-state index contributed by atoms with van der Waals surface area (Å²) in [5.74, 6) is 2.82. The zero-order valence-corrected chi connectivity index (χ0v) is 12.9. The first-order valence-corrected chi connectivity index (χ1v) is 8.59. The Morgan fingerprint density at radius 1 is 1.10 bits per heavy atom. The fourth-order valence-corrected chi connectivity index (χ4v) is 6.11. The van der Waals surface area contributed by atoms with E-state index in [9.17, 15) is 4.39 Å². The summed E-state index contributed by atoms with van der Waals surface area (Å²) in [4.78, 5) is 0. The van der Waals surface area contributed by atoms with Crippen molar-refractivity contribution >= 4 is 0 Å². The highest BCUT2D eigenvalue weighted by Crippen LogP contribution is 2.61. The van der Waals surface area contributed by atoms with Crippen LogP contribution < -0.4 is 5.32 Å². The van der Waals surface area contributed by atoms with Crippen LogP contribution in [0.3, 0.4) is 0 Å². The molecule has 2 heteroatoms. The second-order valence-electron chi connectivity index (χ2n) is 7.92. The zero-order chi connectivity index (χ0) is 14.4. The number of likely N-dealkylation sites (N-methyl/N-ethyl adjacent to an activating group) is 1. The molecule has 4 aliphatic rings. The summed E-state index contributed by atoms with van der Waals surface area (Å²) in [6.45, 7) is 0. The zero-order valence-electron chi connectivity index (χ0n) is 12.9. The molecule has 4 aliphatic carbocycles. The Labute approximate surface area is 127 Å². The van der Waals surface area contributed by atoms with Crippen molar-refractivity contribution in [2.45, 2.75) is 51.0 Å². The van der Waals surface area contributed by atoms with Crippen molar-refractivity contribution < 1.29 is 4.39 Å². The minimum atomic E-state index is -0.0394. The number of halogens is 1. The molecule has 0 spiro atoms. The molecule has 4 fully saturated rings. The highest BCUT2D eigenvalue weighted by Gasteiger charge is 2.53. The van der Waals surface area contributed by atoms with Gasteiger partial charge in [-0.1, -0.05) is 18.2 Å². The minimum absolute atomic E-state index is 0.0394. The van der Waals surface area contributed by atoms with Crippen LogP contribution in [0.5, 0.6) is 0 Å². The van der Waals surface area contributed by atoms with Crippen LogP contribution in [0.2, 0.25) is 0 Å². The predicted molar refractivity (Wildman–Crippen MR) is 83.6 cm³/mol. The van der Waals surface area contributed by atoms with Gasteiger partial charge >= 0.3 is 0 Å². The van der Waals surface area contributed by atoms with E-state index >= 15 is 0 Å². The van der Waals surface area contributed by atoms with Crippen LogP contribution in [-0.2, 0) is 6.42 Å². The van der Waals surface area contributed by atoms with Crippen molar-refractivity contribution in [2.24, 2.45) is 23.2 Å². The van der Waals surface area contributed by atoms with Crippen molar-refractivity contribution in [3.8, 4) is 0 Å².